The number of hydrogen-bond donors (Lipinski definition) is 3. The van der Waals surface area contributed by atoms with Crippen molar-refractivity contribution in [2.24, 2.45) is 4.99 Å². The summed E-state index contributed by atoms with van der Waals surface area (Å²) in [5, 5.41) is 6.51. The maximum absolute atomic E-state index is 12.2. The number of hydrogen-bond acceptors (Lipinski definition) is 2. The van der Waals surface area contributed by atoms with E-state index in [-0.39, 0.29) is 11.9 Å². The fraction of sp³-hybridized carbons (Fsp3) is 0.250. The van der Waals surface area contributed by atoms with Crippen LogP contribution in [0.25, 0.3) is 11.3 Å². The van der Waals surface area contributed by atoms with Crippen LogP contribution in [0, 0.1) is 0 Å². The van der Waals surface area contributed by atoms with Crippen molar-refractivity contribution < 1.29 is 4.79 Å². The fourth-order valence-corrected chi connectivity index (χ4v) is 4.14. The summed E-state index contributed by atoms with van der Waals surface area (Å²) in [7, 11) is 0. The molecule has 152 valence electrons. The average molecular weight is 399 g/mol. The number of anilines is 2. The lowest BCUT2D eigenvalue weighted by molar-refractivity contribution is 0.0946. The van der Waals surface area contributed by atoms with Gasteiger partial charge in [-0.2, -0.15) is 0 Å². The molecule has 2 aromatic carbocycles. The second-order valence-corrected chi connectivity index (χ2v) is 8.01. The molecule has 0 aliphatic carbocycles. The summed E-state index contributed by atoms with van der Waals surface area (Å²) in [5.74, 6) is 0.832. The van der Waals surface area contributed by atoms with E-state index in [0.717, 1.165) is 52.8 Å². The third-order valence-corrected chi connectivity index (χ3v) is 5.51. The van der Waals surface area contributed by atoms with E-state index < -0.39 is 0 Å². The van der Waals surface area contributed by atoms with Crippen LogP contribution in [0.2, 0.25) is 0 Å². The van der Waals surface area contributed by atoms with Gasteiger partial charge in [0.25, 0.3) is 5.91 Å². The summed E-state index contributed by atoms with van der Waals surface area (Å²) in [6.45, 7) is 5.56. The van der Waals surface area contributed by atoms with E-state index >= 15 is 0 Å². The first-order chi connectivity index (χ1) is 14.6. The highest BCUT2D eigenvalue weighted by molar-refractivity contribution is 6.10. The van der Waals surface area contributed by atoms with E-state index in [0.29, 0.717) is 6.54 Å². The number of para-hydroxylation sites is 2. The zero-order valence-electron chi connectivity index (χ0n) is 17.2. The van der Waals surface area contributed by atoms with E-state index in [1.54, 1.807) is 0 Å². The number of aromatic nitrogens is 1. The number of H-pyrrole nitrogens is 1. The minimum atomic E-state index is -0.00572. The van der Waals surface area contributed by atoms with Gasteiger partial charge < -0.3 is 20.5 Å². The molecular formula is C24H25N5O. The summed E-state index contributed by atoms with van der Waals surface area (Å²) in [6.07, 6.45) is 0.825. The molecule has 3 N–H and O–H groups in total. The zero-order chi connectivity index (χ0) is 20.7. The zero-order valence-corrected chi connectivity index (χ0v) is 17.2. The van der Waals surface area contributed by atoms with Crippen LogP contribution in [-0.4, -0.2) is 29.4 Å². The summed E-state index contributed by atoms with van der Waals surface area (Å²) >= 11 is 0. The molecule has 3 heterocycles. The van der Waals surface area contributed by atoms with Crippen LogP contribution in [0.5, 0.6) is 0 Å². The van der Waals surface area contributed by atoms with Crippen molar-refractivity contribution in [1.29, 1.82) is 0 Å². The molecule has 0 atom stereocenters. The Labute approximate surface area is 176 Å². The molecule has 0 saturated heterocycles. The van der Waals surface area contributed by atoms with E-state index in [1.807, 2.05) is 24.3 Å². The SMILES string of the molecule is CC(C)N=C1Nc2c(cccc2-c2cc3c([nH]2)CCNC3=O)CN1c1ccccc1. The maximum atomic E-state index is 12.2. The molecule has 5 rings (SSSR count). The van der Waals surface area contributed by atoms with Gasteiger partial charge in [-0.05, 0) is 37.6 Å². The van der Waals surface area contributed by atoms with Crippen LogP contribution in [-0.2, 0) is 13.0 Å². The number of carbonyl (C=O) groups is 1. The van der Waals surface area contributed by atoms with Gasteiger partial charge in [-0.15, -0.1) is 0 Å². The third-order valence-electron chi connectivity index (χ3n) is 5.51. The predicted octanol–water partition coefficient (Wildman–Crippen LogP) is 4.16. The van der Waals surface area contributed by atoms with Gasteiger partial charge in [0.05, 0.1) is 17.8 Å². The Morgan fingerprint density at radius 2 is 1.87 bits per heavy atom. The Morgan fingerprint density at radius 3 is 2.63 bits per heavy atom. The first-order valence-electron chi connectivity index (χ1n) is 10.4. The number of benzene rings is 2. The highest BCUT2D eigenvalue weighted by atomic mass is 16.1. The van der Waals surface area contributed by atoms with Gasteiger partial charge >= 0.3 is 0 Å². The largest absolute Gasteiger partial charge is 0.358 e. The molecule has 3 aromatic rings. The van der Waals surface area contributed by atoms with Crippen molar-refractivity contribution in [3.8, 4) is 11.3 Å². The topological polar surface area (TPSA) is 72.5 Å². The lowest BCUT2D eigenvalue weighted by atomic mass is 10.0. The van der Waals surface area contributed by atoms with E-state index in [4.69, 9.17) is 4.99 Å². The Balaban J connectivity index is 1.59. The Bertz CT molecular complexity index is 1130. The van der Waals surface area contributed by atoms with Crippen molar-refractivity contribution in [3.05, 3.63) is 71.4 Å². The monoisotopic (exact) mass is 399 g/mol. The van der Waals surface area contributed by atoms with E-state index in [2.05, 4.69) is 64.7 Å². The molecule has 0 saturated carbocycles. The predicted molar refractivity (Wildman–Crippen MR) is 121 cm³/mol. The number of guanidine groups is 1. The average Bonchev–Trinajstić information content (AvgIpc) is 3.19. The number of aromatic amines is 1. The molecule has 1 amide bonds. The van der Waals surface area contributed by atoms with Crippen LogP contribution in [0.3, 0.4) is 0 Å². The van der Waals surface area contributed by atoms with Crippen LogP contribution < -0.4 is 15.5 Å². The molecule has 0 spiro atoms. The molecule has 30 heavy (non-hydrogen) atoms. The third kappa shape index (κ3) is 3.24. The standard InChI is InChI=1S/C24H25N5O/c1-15(2)26-24-28-22-16(14-29(24)17-8-4-3-5-9-17)7-6-10-18(22)21-13-19-20(27-21)11-12-25-23(19)30/h3-10,13,15,27H,11-12,14H2,1-2H3,(H,25,30)(H,26,28). The Morgan fingerprint density at radius 1 is 1.03 bits per heavy atom. The van der Waals surface area contributed by atoms with Gasteiger partial charge in [0.2, 0.25) is 5.96 Å². The van der Waals surface area contributed by atoms with Gasteiger partial charge in [-0.3, -0.25) is 4.79 Å². The van der Waals surface area contributed by atoms with Crippen molar-refractivity contribution in [3.63, 3.8) is 0 Å². The van der Waals surface area contributed by atoms with Crippen LogP contribution in [0.4, 0.5) is 11.4 Å². The number of nitrogens with zero attached hydrogens (tertiary/aromatic N) is 2. The molecule has 0 fully saturated rings. The van der Waals surface area contributed by atoms with Gasteiger partial charge in [-0.1, -0.05) is 36.4 Å². The highest BCUT2D eigenvalue weighted by Crippen LogP contribution is 2.36. The van der Waals surface area contributed by atoms with Crippen molar-refractivity contribution in [2.45, 2.75) is 32.9 Å². The van der Waals surface area contributed by atoms with Gasteiger partial charge in [0.15, 0.2) is 0 Å². The van der Waals surface area contributed by atoms with Crippen molar-refractivity contribution >= 4 is 23.2 Å². The van der Waals surface area contributed by atoms with Gasteiger partial charge in [-0.25, -0.2) is 4.99 Å². The van der Waals surface area contributed by atoms with Gasteiger partial charge in [0, 0.05) is 41.6 Å². The Kier molecular flexibility index (Phi) is 4.54. The number of nitrogens with one attached hydrogen (secondary N) is 3. The summed E-state index contributed by atoms with van der Waals surface area (Å²) in [6, 6.07) is 18.7. The summed E-state index contributed by atoms with van der Waals surface area (Å²) in [5.41, 5.74) is 7.10. The quantitative estimate of drug-likeness (QED) is 0.619. The van der Waals surface area contributed by atoms with E-state index in [9.17, 15) is 4.79 Å². The lowest BCUT2D eigenvalue weighted by Gasteiger charge is -2.34. The molecule has 1 aromatic heterocycles. The lowest BCUT2D eigenvalue weighted by Crippen LogP contribution is -2.41. The minimum absolute atomic E-state index is 0.00572. The number of amides is 1. The molecule has 2 aliphatic heterocycles. The molecule has 0 bridgehead atoms. The Hall–Kier alpha value is -3.54. The molecule has 0 unspecified atom stereocenters. The summed E-state index contributed by atoms with van der Waals surface area (Å²) in [4.78, 5) is 22.8. The number of fused-ring (bicyclic) bond motifs is 2. The second kappa shape index (κ2) is 7.37. The normalized spacial score (nSPS) is 16.8. The summed E-state index contributed by atoms with van der Waals surface area (Å²) < 4.78 is 0. The van der Waals surface area contributed by atoms with Crippen molar-refractivity contribution in [1.82, 2.24) is 10.3 Å². The second-order valence-electron chi connectivity index (χ2n) is 8.01. The highest BCUT2D eigenvalue weighted by Gasteiger charge is 2.27. The maximum Gasteiger partial charge on any atom is 0.253 e. The minimum Gasteiger partial charge on any atom is -0.358 e. The smallest absolute Gasteiger partial charge is 0.253 e. The first-order valence-corrected chi connectivity index (χ1v) is 10.4. The van der Waals surface area contributed by atoms with Crippen LogP contribution >= 0.6 is 0 Å². The number of carbonyl (C=O) groups excluding carboxylic acids is 1. The molecule has 2 aliphatic rings. The number of rotatable bonds is 3. The fourth-order valence-electron chi connectivity index (χ4n) is 4.14. The first kappa shape index (κ1) is 18.5. The molecule has 6 nitrogen and oxygen atoms in total. The van der Waals surface area contributed by atoms with E-state index in [1.165, 1.54) is 5.56 Å². The van der Waals surface area contributed by atoms with Crippen molar-refractivity contribution in [2.75, 3.05) is 16.8 Å². The van der Waals surface area contributed by atoms with Gasteiger partial charge in [0.1, 0.15) is 0 Å². The van der Waals surface area contributed by atoms with Crippen LogP contribution in [0.15, 0.2) is 59.6 Å². The molecule has 0 radical (unpaired) electrons. The molecule has 6 heteroatoms. The van der Waals surface area contributed by atoms with Crippen LogP contribution in [0.1, 0.15) is 35.5 Å². The molecular weight excluding hydrogens is 374 g/mol. The number of aliphatic imine (C=N–C) groups is 1.